The fraction of sp³-hybridized carbons (Fsp3) is 0.500. The fourth-order valence-corrected chi connectivity index (χ4v) is 3.06. The molecule has 3 aliphatic heterocycles. The van der Waals surface area contributed by atoms with E-state index in [0.29, 0.717) is 30.5 Å². The van der Waals surface area contributed by atoms with Crippen molar-refractivity contribution in [2.45, 2.75) is 6.10 Å². The van der Waals surface area contributed by atoms with Crippen LogP contribution in [0.5, 0.6) is 17.2 Å². The molecule has 1 aromatic carbocycles. The summed E-state index contributed by atoms with van der Waals surface area (Å²) in [5.74, 6) is 1.72. The molecular weight excluding hydrogens is 264 g/mol. The lowest BCUT2D eigenvalue weighted by molar-refractivity contribution is -0.142. The van der Waals surface area contributed by atoms with Crippen LogP contribution in [0.1, 0.15) is 11.7 Å². The van der Waals surface area contributed by atoms with Gasteiger partial charge in [0.15, 0.2) is 11.5 Å². The summed E-state index contributed by atoms with van der Waals surface area (Å²) >= 11 is 0. The number of fused-ring (bicyclic) bond motifs is 2. The van der Waals surface area contributed by atoms with Crippen LogP contribution in [0.2, 0.25) is 0 Å². The molecule has 4 rings (SSSR count). The lowest BCUT2D eigenvalue weighted by Crippen LogP contribution is -2.15. The summed E-state index contributed by atoms with van der Waals surface area (Å²) in [6.45, 7) is 0.999. The van der Waals surface area contributed by atoms with E-state index in [4.69, 9.17) is 23.7 Å². The van der Waals surface area contributed by atoms with Crippen LogP contribution >= 0.6 is 0 Å². The molecule has 0 aromatic heterocycles. The SMILES string of the molecule is COc1cc2c(cc1[C@H]1OC[C@@H]3C(=O)OC[C@@H]31)OCO2. The molecule has 3 heterocycles. The van der Waals surface area contributed by atoms with Crippen molar-refractivity contribution in [3.05, 3.63) is 17.7 Å². The van der Waals surface area contributed by atoms with Gasteiger partial charge in [-0.1, -0.05) is 0 Å². The summed E-state index contributed by atoms with van der Waals surface area (Å²) in [5, 5.41) is 0. The highest BCUT2D eigenvalue weighted by Crippen LogP contribution is 2.48. The number of methoxy groups -OCH3 is 1. The van der Waals surface area contributed by atoms with E-state index in [2.05, 4.69) is 0 Å². The molecular formula is C14H14O6. The van der Waals surface area contributed by atoms with E-state index in [9.17, 15) is 4.79 Å². The van der Waals surface area contributed by atoms with Crippen molar-refractivity contribution >= 4 is 5.97 Å². The standard InChI is InChI=1S/C14H14O6/c1-16-10-3-12-11(19-6-20-12)2-7(10)13-8-4-18-14(15)9(8)5-17-13/h2-3,8-9,13H,4-6H2,1H3/t8-,9-,13+/m0/s1. The molecule has 6 nitrogen and oxygen atoms in total. The first-order valence-corrected chi connectivity index (χ1v) is 6.53. The summed E-state index contributed by atoms with van der Waals surface area (Å²) in [7, 11) is 1.60. The summed E-state index contributed by atoms with van der Waals surface area (Å²) in [6, 6.07) is 3.67. The predicted octanol–water partition coefficient (Wildman–Crippen LogP) is 1.28. The van der Waals surface area contributed by atoms with Crippen LogP contribution in [0.25, 0.3) is 0 Å². The molecule has 0 saturated carbocycles. The second kappa shape index (κ2) is 4.28. The number of hydrogen-bond acceptors (Lipinski definition) is 6. The molecule has 20 heavy (non-hydrogen) atoms. The maximum Gasteiger partial charge on any atom is 0.311 e. The second-order valence-corrected chi connectivity index (χ2v) is 5.10. The monoisotopic (exact) mass is 278 g/mol. The number of carbonyl (C=O) groups excluding carboxylic acids is 1. The summed E-state index contributed by atoms with van der Waals surface area (Å²) in [4.78, 5) is 11.6. The lowest BCUT2D eigenvalue weighted by Gasteiger charge is -2.19. The van der Waals surface area contributed by atoms with Gasteiger partial charge in [-0.05, 0) is 6.07 Å². The fourth-order valence-electron chi connectivity index (χ4n) is 3.06. The van der Waals surface area contributed by atoms with Gasteiger partial charge < -0.3 is 23.7 Å². The Hall–Kier alpha value is -1.95. The highest BCUT2D eigenvalue weighted by atomic mass is 16.7. The van der Waals surface area contributed by atoms with Gasteiger partial charge in [0, 0.05) is 17.5 Å². The van der Waals surface area contributed by atoms with Crippen LogP contribution in [0.3, 0.4) is 0 Å². The molecule has 6 heteroatoms. The minimum absolute atomic E-state index is 0.0387. The molecule has 0 amide bonds. The van der Waals surface area contributed by atoms with E-state index >= 15 is 0 Å². The van der Waals surface area contributed by atoms with Crippen molar-refractivity contribution in [1.29, 1.82) is 0 Å². The molecule has 0 spiro atoms. The zero-order valence-corrected chi connectivity index (χ0v) is 11.0. The van der Waals surface area contributed by atoms with Gasteiger partial charge in [0.1, 0.15) is 5.75 Å². The van der Waals surface area contributed by atoms with Gasteiger partial charge in [-0.3, -0.25) is 4.79 Å². The average molecular weight is 278 g/mol. The minimum Gasteiger partial charge on any atom is -0.496 e. The van der Waals surface area contributed by atoms with Crippen molar-refractivity contribution in [2.24, 2.45) is 11.8 Å². The van der Waals surface area contributed by atoms with Gasteiger partial charge in [0.05, 0.1) is 32.3 Å². The van der Waals surface area contributed by atoms with Crippen molar-refractivity contribution < 1.29 is 28.5 Å². The van der Waals surface area contributed by atoms with E-state index in [1.165, 1.54) is 0 Å². The third-order valence-corrected chi connectivity index (χ3v) is 4.11. The van der Waals surface area contributed by atoms with Crippen molar-refractivity contribution in [3.63, 3.8) is 0 Å². The van der Waals surface area contributed by atoms with Crippen molar-refractivity contribution in [2.75, 3.05) is 27.1 Å². The largest absolute Gasteiger partial charge is 0.496 e. The highest BCUT2D eigenvalue weighted by molar-refractivity contribution is 5.75. The van der Waals surface area contributed by atoms with Gasteiger partial charge >= 0.3 is 5.97 Å². The maximum absolute atomic E-state index is 11.6. The van der Waals surface area contributed by atoms with Crippen LogP contribution in [0.4, 0.5) is 0 Å². The molecule has 0 N–H and O–H groups in total. The first-order chi connectivity index (χ1) is 9.78. The third-order valence-electron chi connectivity index (χ3n) is 4.11. The summed E-state index contributed by atoms with van der Waals surface area (Å²) in [5.41, 5.74) is 0.877. The molecule has 3 atom stereocenters. The Labute approximate surface area is 115 Å². The molecule has 1 aromatic rings. The topological polar surface area (TPSA) is 63.2 Å². The molecule has 2 saturated heterocycles. The Morgan fingerprint density at radius 1 is 1.15 bits per heavy atom. The van der Waals surface area contributed by atoms with Crippen LogP contribution in [0.15, 0.2) is 12.1 Å². The van der Waals surface area contributed by atoms with E-state index < -0.39 is 0 Å². The first-order valence-electron chi connectivity index (χ1n) is 6.53. The lowest BCUT2D eigenvalue weighted by atomic mass is 9.89. The molecule has 0 bridgehead atoms. The smallest absolute Gasteiger partial charge is 0.311 e. The van der Waals surface area contributed by atoms with E-state index in [1.807, 2.05) is 6.07 Å². The predicted molar refractivity (Wildman–Crippen MR) is 65.7 cm³/mol. The van der Waals surface area contributed by atoms with E-state index in [0.717, 1.165) is 5.56 Å². The molecule has 0 radical (unpaired) electrons. The number of ether oxygens (including phenoxy) is 5. The molecule has 0 unspecified atom stereocenters. The van der Waals surface area contributed by atoms with Crippen LogP contribution in [0, 0.1) is 11.8 Å². The summed E-state index contributed by atoms with van der Waals surface area (Å²) < 4.78 is 27.1. The zero-order chi connectivity index (χ0) is 13.7. The van der Waals surface area contributed by atoms with Crippen LogP contribution < -0.4 is 14.2 Å². The van der Waals surface area contributed by atoms with E-state index in [1.54, 1.807) is 13.2 Å². The van der Waals surface area contributed by atoms with Crippen molar-refractivity contribution in [3.8, 4) is 17.2 Å². The Balaban J connectivity index is 1.73. The first kappa shape index (κ1) is 11.8. The Bertz CT molecular complexity index is 569. The molecule has 0 aliphatic carbocycles. The van der Waals surface area contributed by atoms with Crippen molar-refractivity contribution in [1.82, 2.24) is 0 Å². The quantitative estimate of drug-likeness (QED) is 0.759. The maximum atomic E-state index is 11.6. The number of carbonyl (C=O) groups is 1. The van der Waals surface area contributed by atoms with Gasteiger partial charge in [0.2, 0.25) is 6.79 Å². The van der Waals surface area contributed by atoms with Gasteiger partial charge in [-0.2, -0.15) is 0 Å². The number of benzene rings is 1. The van der Waals surface area contributed by atoms with Crippen LogP contribution in [-0.4, -0.2) is 33.1 Å². The average Bonchev–Trinajstić information content (AvgIpc) is 3.14. The highest BCUT2D eigenvalue weighted by Gasteiger charge is 2.49. The molecule has 2 fully saturated rings. The minimum atomic E-state index is -0.212. The number of esters is 1. The molecule has 106 valence electrons. The second-order valence-electron chi connectivity index (χ2n) is 5.10. The number of cyclic esters (lactones) is 1. The van der Waals surface area contributed by atoms with E-state index in [-0.39, 0.29) is 30.7 Å². The van der Waals surface area contributed by atoms with Gasteiger partial charge in [-0.25, -0.2) is 0 Å². The van der Waals surface area contributed by atoms with Gasteiger partial charge in [-0.15, -0.1) is 0 Å². The Morgan fingerprint density at radius 3 is 2.75 bits per heavy atom. The molecule has 3 aliphatic rings. The Morgan fingerprint density at radius 2 is 1.95 bits per heavy atom. The zero-order valence-electron chi connectivity index (χ0n) is 11.0. The van der Waals surface area contributed by atoms with Gasteiger partial charge in [0.25, 0.3) is 0 Å². The number of hydrogen-bond donors (Lipinski definition) is 0. The van der Waals surface area contributed by atoms with Crippen LogP contribution in [-0.2, 0) is 14.3 Å². The third kappa shape index (κ3) is 1.57. The number of rotatable bonds is 2. The normalized spacial score (nSPS) is 30.2. The summed E-state index contributed by atoms with van der Waals surface area (Å²) in [6.07, 6.45) is -0.212. The Kier molecular flexibility index (Phi) is 2.53.